The van der Waals surface area contributed by atoms with E-state index in [2.05, 4.69) is 70.7 Å². The molecule has 144 valence electrons. The van der Waals surface area contributed by atoms with E-state index < -0.39 is 0 Å². The molecule has 6 heteroatoms. The van der Waals surface area contributed by atoms with E-state index in [-0.39, 0.29) is 24.8 Å². The van der Waals surface area contributed by atoms with Crippen molar-refractivity contribution in [3.8, 4) is 0 Å². The van der Waals surface area contributed by atoms with Gasteiger partial charge in [0.25, 0.3) is 0 Å². The van der Waals surface area contributed by atoms with E-state index in [1.807, 2.05) is 0 Å². The van der Waals surface area contributed by atoms with Crippen LogP contribution >= 0.6 is 0 Å². The Morgan fingerprint density at radius 2 is 1.12 bits per heavy atom. The molecule has 0 fully saturated rings. The predicted molar refractivity (Wildman–Crippen MR) is 100 cm³/mol. The van der Waals surface area contributed by atoms with Gasteiger partial charge in [-0.15, -0.1) is 0 Å². The molecule has 3 aromatic rings. The SMILES string of the molecule is CO.C[NH+](C)Cc1cccc2cc3cccc(C[NH+](C)C)c3nc12.[Cl-].[Cl-]. The maximum absolute atomic E-state index is 7.00. The molecule has 0 amide bonds. The van der Waals surface area contributed by atoms with Gasteiger partial charge < -0.3 is 39.7 Å². The minimum atomic E-state index is 0. The quantitative estimate of drug-likeness (QED) is 0.384. The molecule has 0 spiro atoms. The monoisotopic (exact) mass is 397 g/mol. The molecule has 0 radical (unpaired) electrons. The van der Waals surface area contributed by atoms with Gasteiger partial charge in [0, 0.05) is 29.0 Å². The van der Waals surface area contributed by atoms with Crippen LogP contribution in [0.2, 0.25) is 0 Å². The molecule has 0 aliphatic carbocycles. The van der Waals surface area contributed by atoms with Crippen molar-refractivity contribution < 1.29 is 39.7 Å². The summed E-state index contributed by atoms with van der Waals surface area (Å²) in [7, 11) is 9.73. The molecule has 1 aromatic heterocycles. The number of hydrogen-bond donors (Lipinski definition) is 3. The highest BCUT2D eigenvalue weighted by molar-refractivity contribution is 5.95. The molecule has 3 rings (SSSR count). The largest absolute Gasteiger partial charge is 1.00 e. The summed E-state index contributed by atoms with van der Waals surface area (Å²) in [6, 6.07) is 15.3. The molecule has 0 unspecified atom stereocenters. The van der Waals surface area contributed by atoms with Crippen LogP contribution < -0.4 is 34.6 Å². The minimum Gasteiger partial charge on any atom is -1.00 e. The van der Waals surface area contributed by atoms with Gasteiger partial charge in [-0.3, -0.25) is 0 Å². The van der Waals surface area contributed by atoms with E-state index in [0.717, 1.165) is 31.2 Å². The summed E-state index contributed by atoms with van der Waals surface area (Å²) in [5, 5.41) is 9.47. The lowest BCUT2D eigenvalue weighted by Crippen LogP contribution is -3.04. The van der Waals surface area contributed by atoms with Crippen molar-refractivity contribution in [1.82, 2.24) is 4.98 Å². The van der Waals surface area contributed by atoms with E-state index in [9.17, 15) is 0 Å². The van der Waals surface area contributed by atoms with Gasteiger partial charge in [0.1, 0.15) is 13.1 Å². The molecule has 0 aliphatic rings. The van der Waals surface area contributed by atoms with Crippen LogP contribution in [-0.4, -0.2) is 45.4 Å². The van der Waals surface area contributed by atoms with Crippen molar-refractivity contribution in [2.45, 2.75) is 13.1 Å². The Kier molecular flexibility index (Phi) is 10.7. The van der Waals surface area contributed by atoms with E-state index in [1.165, 1.54) is 31.7 Å². The van der Waals surface area contributed by atoms with Crippen LogP contribution in [0.4, 0.5) is 0 Å². The van der Waals surface area contributed by atoms with Crippen LogP contribution in [0.15, 0.2) is 42.5 Å². The molecule has 3 N–H and O–H groups in total. The van der Waals surface area contributed by atoms with Crippen LogP contribution in [0.3, 0.4) is 0 Å². The van der Waals surface area contributed by atoms with Crippen molar-refractivity contribution in [1.29, 1.82) is 0 Å². The number of aliphatic hydroxyl groups is 1. The highest BCUT2D eigenvalue weighted by atomic mass is 35.5. The topological polar surface area (TPSA) is 42.0 Å². The Labute approximate surface area is 168 Å². The van der Waals surface area contributed by atoms with E-state index in [1.54, 1.807) is 0 Å². The third kappa shape index (κ3) is 5.79. The first-order valence-electron chi connectivity index (χ1n) is 8.37. The number of fused-ring (bicyclic) bond motifs is 2. The number of nitrogens with zero attached hydrogens (tertiary/aromatic N) is 1. The van der Waals surface area contributed by atoms with Crippen molar-refractivity contribution in [2.75, 3.05) is 35.3 Å². The average Bonchev–Trinajstić information content (AvgIpc) is 2.55. The number of nitrogens with one attached hydrogen (secondary N) is 2. The van der Waals surface area contributed by atoms with Gasteiger partial charge in [-0.2, -0.15) is 0 Å². The average molecular weight is 398 g/mol. The summed E-state index contributed by atoms with van der Waals surface area (Å²) in [6.45, 7) is 1.99. The fraction of sp³-hybridized carbons (Fsp3) is 0.350. The summed E-state index contributed by atoms with van der Waals surface area (Å²) in [5.74, 6) is 0. The molecular weight excluding hydrogens is 369 g/mol. The van der Waals surface area contributed by atoms with Gasteiger partial charge in [0.15, 0.2) is 0 Å². The number of benzene rings is 2. The molecular formula is C20H29Cl2N3O. The zero-order chi connectivity index (χ0) is 17.7. The van der Waals surface area contributed by atoms with Crippen LogP contribution in [0, 0.1) is 0 Å². The maximum Gasteiger partial charge on any atom is 0.105 e. The lowest BCUT2D eigenvalue weighted by molar-refractivity contribution is -0.872. The van der Waals surface area contributed by atoms with Crippen LogP contribution in [-0.2, 0) is 13.1 Å². The van der Waals surface area contributed by atoms with Gasteiger partial charge in [-0.05, 0) is 6.07 Å². The Balaban J connectivity index is 0.00000151. The summed E-state index contributed by atoms with van der Waals surface area (Å²) >= 11 is 0. The second kappa shape index (κ2) is 11.3. The highest BCUT2D eigenvalue weighted by Crippen LogP contribution is 2.24. The second-order valence-corrected chi connectivity index (χ2v) is 6.73. The summed E-state index contributed by atoms with van der Waals surface area (Å²) in [4.78, 5) is 7.89. The van der Waals surface area contributed by atoms with Gasteiger partial charge >= 0.3 is 0 Å². The number of aliphatic hydroxyl groups excluding tert-OH is 1. The third-order valence-corrected chi connectivity index (χ3v) is 3.92. The summed E-state index contributed by atoms with van der Waals surface area (Å²) in [6.07, 6.45) is 0. The van der Waals surface area contributed by atoms with Crippen molar-refractivity contribution in [3.05, 3.63) is 53.6 Å². The second-order valence-electron chi connectivity index (χ2n) is 6.73. The molecule has 0 saturated carbocycles. The van der Waals surface area contributed by atoms with Crippen molar-refractivity contribution >= 4 is 21.8 Å². The normalized spacial score (nSPS) is 10.3. The molecule has 0 saturated heterocycles. The number of pyridine rings is 1. The van der Waals surface area contributed by atoms with Gasteiger partial charge in [0.05, 0.1) is 39.2 Å². The molecule has 2 aromatic carbocycles. The number of para-hydroxylation sites is 2. The van der Waals surface area contributed by atoms with Crippen LogP contribution in [0.1, 0.15) is 11.1 Å². The zero-order valence-corrected chi connectivity index (χ0v) is 17.6. The summed E-state index contributed by atoms with van der Waals surface area (Å²) < 4.78 is 0. The Bertz CT molecular complexity index is 758. The Hall–Kier alpha value is -1.43. The van der Waals surface area contributed by atoms with Crippen molar-refractivity contribution in [3.63, 3.8) is 0 Å². The van der Waals surface area contributed by atoms with Gasteiger partial charge in [0.2, 0.25) is 0 Å². The third-order valence-electron chi connectivity index (χ3n) is 3.92. The summed E-state index contributed by atoms with van der Waals surface area (Å²) in [5.41, 5.74) is 4.95. The van der Waals surface area contributed by atoms with Gasteiger partial charge in [-0.25, -0.2) is 4.98 Å². The van der Waals surface area contributed by atoms with Crippen LogP contribution in [0.5, 0.6) is 0 Å². The number of rotatable bonds is 4. The van der Waals surface area contributed by atoms with Crippen molar-refractivity contribution in [2.24, 2.45) is 0 Å². The Morgan fingerprint density at radius 3 is 1.46 bits per heavy atom. The fourth-order valence-electron chi connectivity index (χ4n) is 3.05. The predicted octanol–water partition coefficient (Wildman–Crippen LogP) is -5.71. The van der Waals surface area contributed by atoms with Crippen LogP contribution in [0.25, 0.3) is 21.8 Å². The van der Waals surface area contributed by atoms with E-state index in [0.29, 0.717) is 0 Å². The molecule has 0 atom stereocenters. The smallest absolute Gasteiger partial charge is 0.105 e. The molecule has 1 heterocycles. The standard InChI is InChI=1S/C19H23N3.CH4O.2ClH/c1-21(2)12-16-9-5-7-14-11-15-8-6-10-17(13-22(3)4)19(15)20-18(14)16;1-2;;/h5-11H,12-13H2,1-4H3;2H,1H3;2*1H. The first-order valence-corrected chi connectivity index (χ1v) is 8.37. The van der Waals surface area contributed by atoms with E-state index >= 15 is 0 Å². The molecule has 0 aliphatic heterocycles. The lowest BCUT2D eigenvalue weighted by Gasteiger charge is -2.13. The molecule has 4 nitrogen and oxygen atoms in total. The number of quaternary nitrogens is 2. The molecule has 26 heavy (non-hydrogen) atoms. The van der Waals surface area contributed by atoms with Gasteiger partial charge in [-0.1, -0.05) is 36.4 Å². The number of hydrogen-bond acceptors (Lipinski definition) is 2. The number of aromatic nitrogens is 1. The first-order chi connectivity index (χ1) is 11.5. The fourth-order valence-corrected chi connectivity index (χ4v) is 3.05. The molecule has 0 bridgehead atoms. The maximum atomic E-state index is 7.00. The first kappa shape index (κ1) is 24.6. The zero-order valence-electron chi connectivity index (χ0n) is 16.1. The number of halogens is 2. The lowest BCUT2D eigenvalue weighted by atomic mass is 10.0. The van der Waals surface area contributed by atoms with E-state index in [4.69, 9.17) is 10.1 Å². The minimum absolute atomic E-state index is 0. The highest BCUT2D eigenvalue weighted by Gasteiger charge is 2.10. The Morgan fingerprint density at radius 1 is 0.731 bits per heavy atom.